The summed E-state index contributed by atoms with van der Waals surface area (Å²) < 4.78 is 37.4. The van der Waals surface area contributed by atoms with Gasteiger partial charge in [0, 0.05) is 72.8 Å². The van der Waals surface area contributed by atoms with Crippen LogP contribution in [0, 0.1) is 5.41 Å². The Hall–Kier alpha value is -3.41. The molecule has 254 valence electrons. The van der Waals surface area contributed by atoms with Gasteiger partial charge in [0.25, 0.3) is 5.91 Å². The fourth-order valence-corrected chi connectivity index (χ4v) is 11.0. The molecule has 1 N–H and O–H groups in total. The first-order valence-corrected chi connectivity index (χ1v) is 19.3. The molecule has 1 aromatic heterocycles. The lowest BCUT2D eigenvalue weighted by molar-refractivity contribution is -0.141. The average molecular weight is 672 g/mol. The van der Waals surface area contributed by atoms with E-state index in [1.807, 2.05) is 18.2 Å². The molecule has 6 aliphatic rings. The zero-order chi connectivity index (χ0) is 32.9. The molecule has 2 aliphatic carbocycles. The molecule has 9 rings (SSSR count). The van der Waals surface area contributed by atoms with Crippen molar-refractivity contribution in [1.29, 1.82) is 0 Å². The Labute approximate surface area is 282 Å². The highest BCUT2D eigenvalue weighted by molar-refractivity contribution is 7.87. The number of likely N-dealkylation sites (N-methyl/N-ethyl adjacent to an activating group) is 1. The van der Waals surface area contributed by atoms with E-state index >= 15 is 0 Å². The molecule has 4 atom stereocenters. The second-order valence-corrected chi connectivity index (χ2v) is 16.9. The molecule has 5 heterocycles. The van der Waals surface area contributed by atoms with E-state index in [1.165, 1.54) is 34.7 Å². The quantitative estimate of drug-likeness (QED) is 0.403. The van der Waals surface area contributed by atoms with E-state index < -0.39 is 21.5 Å². The number of piperazine rings is 1. The largest absolute Gasteiger partial charge is 0.497 e. The van der Waals surface area contributed by atoms with Crippen LogP contribution in [0.1, 0.15) is 91.1 Å². The third kappa shape index (κ3) is 4.60. The summed E-state index contributed by atoms with van der Waals surface area (Å²) in [5.41, 5.74) is 5.41. The maximum atomic E-state index is 14.9. The van der Waals surface area contributed by atoms with Crippen molar-refractivity contribution in [2.75, 3.05) is 40.3 Å². The molecule has 2 amide bonds. The molecule has 11 heteroatoms. The minimum atomic E-state index is -3.89. The van der Waals surface area contributed by atoms with Gasteiger partial charge < -0.3 is 14.2 Å². The Bertz CT molecular complexity index is 1930. The van der Waals surface area contributed by atoms with Crippen LogP contribution >= 0.6 is 0 Å². The SMILES string of the molecule is COc1ccc2c(c1)C1CC1(C(=O)N1CC3CCC(C1)N3C)Cn1c-2c(C2CCCCC2)c2ccc(C(=O)NS(=O)(=O)N3CCC3)cc21. The summed E-state index contributed by atoms with van der Waals surface area (Å²) in [7, 11) is 0.00797. The normalized spacial score (nSPS) is 28.6. The molecular formula is C37H45N5O5S. The molecule has 2 saturated carbocycles. The lowest BCUT2D eigenvalue weighted by Crippen LogP contribution is -2.55. The number of carbonyl (C=O) groups is 2. The van der Waals surface area contributed by atoms with Crippen molar-refractivity contribution in [2.24, 2.45) is 5.41 Å². The second kappa shape index (κ2) is 11.1. The lowest BCUT2D eigenvalue weighted by atomic mass is 9.81. The lowest BCUT2D eigenvalue weighted by Gasteiger charge is -2.40. The third-order valence-corrected chi connectivity index (χ3v) is 14.2. The number of carbonyl (C=O) groups excluding carboxylic acids is 2. The van der Waals surface area contributed by atoms with Gasteiger partial charge in [0.05, 0.1) is 18.2 Å². The fourth-order valence-electron chi connectivity index (χ4n) is 9.78. The van der Waals surface area contributed by atoms with Gasteiger partial charge in [-0.1, -0.05) is 25.3 Å². The van der Waals surface area contributed by atoms with Gasteiger partial charge in [-0.05, 0) is 92.9 Å². The van der Waals surface area contributed by atoms with Gasteiger partial charge in [-0.25, -0.2) is 4.72 Å². The summed E-state index contributed by atoms with van der Waals surface area (Å²) in [6.07, 6.45) is 9.65. The minimum absolute atomic E-state index is 0.0784. The number of ether oxygens (including phenoxy) is 1. The van der Waals surface area contributed by atoms with Crippen molar-refractivity contribution in [3.63, 3.8) is 0 Å². The van der Waals surface area contributed by atoms with Crippen LogP contribution in [0.2, 0.25) is 0 Å². The minimum Gasteiger partial charge on any atom is -0.497 e. The summed E-state index contributed by atoms with van der Waals surface area (Å²) in [4.78, 5) is 33.0. The maximum absolute atomic E-state index is 14.9. The van der Waals surface area contributed by atoms with Crippen LogP contribution in [0.25, 0.3) is 22.2 Å². The average Bonchev–Trinajstić information content (AvgIpc) is 3.68. The summed E-state index contributed by atoms with van der Waals surface area (Å²) in [5, 5.41) is 1.10. The van der Waals surface area contributed by atoms with Crippen molar-refractivity contribution in [3.05, 3.63) is 53.1 Å². The first-order valence-electron chi connectivity index (χ1n) is 17.9. The number of amides is 2. The molecular weight excluding hydrogens is 627 g/mol. The molecule has 3 aromatic rings. The molecule has 3 saturated heterocycles. The van der Waals surface area contributed by atoms with Crippen LogP contribution < -0.4 is 9.46 Å². The number of hydrogen-bond acceptors (Lipinski definition) is 6. The van der Waals surface area contributed by atoms with Gasteiger partial charge in [0.2, 0.25) is 5.91 Å². The van der Waals surface area contributed by atoms with Gasteiger partial charge in [-0.3, -0.25) is 14.5 Å². The first kappa shape index (κ1) is 30.6. The molecule has 4 unspecified atom stereocenters. The van der Waals surface area contributed by atoms with Crippen molar-refractivity contribution in [2.45, 2.75) is 88.3 Å². The number of benzene rings is 2. The summed E-state index contributed by atoms with van der Waals surface area (Å²) in [6, 6.07) is 12.8. The predicted molar refractivity (Wildman–Crippen MR) is 183 cm³/mol. The Balaban J connectivity index is 1.20. The van der Waals surface area contributed by atoms with Crippen molar-refractivity contribution in [3.8, 4) is 17.0 Å². The van der Waals surface area contributed by atoms with E-state index in [0.717, 1.165) is 79.5 Å². The molecule has 5 fully saturated rings. The molecule has 0 spiro atoms. The highest BCUT2D eigenvalue weighted by Crippen LogP contribution is 2.66. The summed E-state index contributed by atoms with van der Waals surface area (Å²) >= 11 is 0. The fraction of sp³-hybridized carbons (Fsp3) is 0.568. The number of nitrogens with one attached hydrogen (secondary N) is 1. The Morgan fingerprint density at radius 3 is 2.38 bits per heavy atom. The van der Waals surface area contributed by atoms with E-state index in [2.05, 4.69) is 38.3 Å². The van der Waals surface area contributed by atoms with E-state index in [9.17, 15) is 18.0 Å². The predicted octanol–water partition coefficient (Wildman–Crippen LogP) is 4.84. The standard InChI is InChI=1S/C37H45N5O5S/c1-39-25-10-11-26(39)21-40(20-25)36(44)37-19-31(37)30-18-27(47-2)12-14-28(30)34-33(23-7-4-3-5-8-23)29-13-9-24(17-32(29)42(34)22-37)35(43)38-48(45,46)41-15-6-16-41/h9,12-14,17-18,23,25-26,31H,3-8,10-11,15-16,19-22H2,1-2H3,(H,38,43). The van der Waals surface area contributed by atoms with Gasteiger partial charge in [0.15, 0.2) is 0 Å². The van der Waals surface area contributed by atoms with Gasteiger partial charge in [-0.2, -0.15) is 12.7 Å². The second-order valence-electron chi connectivity index (χ2n) is 15.2. The van der Waals surface area contributed by atoms with Crippen LogP contribution in [0.4, 0.5) is 0 Å². The van der Waals surface area contributed by atoms with Gasteiger partial charge in [0.1, 0.15) is 5.75 Å². The molecule has 2 aromatic carbocycles. The third-order valence-electron chi connectivity index (χ3n) is 12.7. The molecule has 2 bridgehead atoms. The number of likely N-dealkylation sites (tertiary alicyclic amines) is 1. The van der Waals surface area contributed by atoms with Crippen LogP contribution in [-0.4, -0.2) is 91.3 Å². The van der Waals surface area contributed by atoms with Crippen LogP contribution in [0.15, 0.2) is 36.4 Å². The Morgan fingerprint density at radius 2 is 1.69 bits per heavy atom. The van der Waals surface area contributed by atoms with Gasteiger partial charge >= 0.3 is 10.2 Å². The smallest absolute Gasteiger partial charge is 0.304 e. The van der Waals surface area contributed by atoms with Crippen molar-refractivity contribution < 1.29 is 22.7 Å². The number of fused-ring (bicyclic) bond motifs is 9. The van der Waals surface area contributed by atoms with E-state index in [-0.39, 0.29) is 11.8 Å². The topological polar surface area (TPSA) is 104 Å². The van der Waals surface area contributed by atoms with Crippen LogP contribution in [0.5, 0.6) is 5.75 Å². The highest BCUT2D eigenvalue weighted by atomic mass is 32.2. The number of nitrogens with zero attached hydrogens (tertiary/aromatic N) is 4. The zero-order valence-corrected chi connectivity index (χ0v) is 28.7. The van der Waals surface area contributed by atoms with E-state index in [4.69, 9.17) is 4.74 Å². The Morgan fingerprint density at radius 1 is 0.938 bits per heavy atom. The van der Waals surface area contributed by atoms with Crippen LogP contribution in [0.3, 0.4) is 0 Å². The van der Waals surface area contributed by atoms with Gasteiger partial charge in [-0.15, -0.1) is 0 Å². The molecule has 10 nitrogen and oxygen atoms in total. The monoisotopic (exact) mass is 671 g/mol. The molecule has 0 radical (unpaired) electrons. The zero-order valence-electron chi connectivity index (χ0n) is 27.9. The first-order chi connectivity index (χ1) is 23.2. The van der Waals surface area contributed by atoms with E-state index in [0.29, 0.717) is 43.2 Å². The van der Waals surface area contributed by atoms with Crippen molar-refractivity contribution in [1.82, 2.24) is 23.4 Å². The van der Waals surface area contributed by atoms with E-state index in [1.54, 1.807) is 13.2 Å². The maximum Gasteiger partial charge on any atom is 0.304 e. The highest BCUT2D eigenvalue weighted by Gasteiger charge is 2.64. The number of aromatic nitrogens is 1. The summed E-state index contributed by atoms with van der Waals surface area (Å²) in [5.74, 6) is 0.865. The Kier molecular flexibility index (Phi) is 7.05. The molecule has 48 heavy (non-hydrogen) atoms. The number of rotatable bonds is 6. The number of methoxy groups -OCH3 is 1. The van der Waals surface area contributed by atoms with Crippen molar-refractivity contribution >= 4 is 32.9 Å². The number of hydrogen-bond donors (Lipinski definition) is 1. The summed E-state index contributed by atoms with van der Waals surface area (Å²) in [6.45, 7) is 2.93. The molecule has 4 aliphatic heterocycles. The van der Waals surface area contributed by atoms with Crippen LogP contribution in [-0.2, 0) is 21.5 Å².